The summed E-state index contributed by atoms with van der Waals surface area (Å²) < 4.78 is 31.8. The summed E-state index contributed by atoms with van der Waals surface area (Å²) in [6.07, 6.45) is -2.02. The lowest BCUT2D eigenvalue weighted by atomic mass is 10.1. The van der Waals surface area contributed by atoms with Crippen molar-refractivity contribution >= 4 is 7.56 Å². The summed E-state index contributed by atoms with van der Waals surface area (Å²) in [6.45, 7) is 0. The summed E-state index contributed by atoms with van der Waals surface area (Å²) in [6, 6.07) is 0. The van der Waals surface area contributed by atoms with Gasteiger partial charge in [0.1, 0.15) is 0 Å². The molecule has 0 amide bonds. The first-order valence-corrected chi connectivity index (χ1v) is 1.22. The molecule has 33 valence electrons. The molecule has 4 heteroatoms. The third-order valence-corrected chi connectivity index (χ3v) is 0.189. The molecule has 0 heterocycles. The Morgan fingerprint density at radius 3 is 2.00 bits per heavy atom. The van der Waals surface area contributed by atoms with E-state index in [0.717, 1.165) is 0 Å². The Balaban J connectivity index is 3.14. The van der Waals surface area contributed by atoms with E-state index >= 15 is 0 Å². The van der Waals surface area contributed by atoms with Crippen molar-refractivity contribution in [2.45, 2.75) is 0 Å². The molecular formula is C2HBF3. The zero-order valence-corrected chi connectivity index (χ0v) is 2.79. The van der Waals surface area contributed by atoms with Gasteiger partial charge in [0, 0.05) is 0 Å². The van der Waals surface area contributed by atoms with Crippen molar-refractivity contribution in [3.63, 3.8) is 0 Å². The molecule has 0 spiro atoms. The molecule has 0 aliphatic rings. The highest BCUT2D eigenvalue weighted by Gasteiger charge is 1.84. The van der Waals surface area contributed by atoms with Gasteiger partial charge >= 0.3 is 7.56 Å². The summed E-state index contributed by atoms with van der Waals surface area (Å²) in [7, 11) is -0.213. The number of rotatable bonds is 1. The lowest BCUT2D eigenvalue weighted by Gasteiger charge is -1.66. The predicted molar refractivity (Wildman–Crippen MR) is 17.2 cm³/mol. The summed E-state index contributed by atoms with van der Waals surface area (Å²) in [5, 5.41) is 0. The maximum atomic E-state index is 10.6. The Bertz CT molecular complexity index is 55.8. The molecular weight excluding hydrogens is 91.8 g/mol. The van der Waals surface area contributed by atoms with Crippen LogP contribution in [0.2, 0.25) is 0 Å². The van der Waals surface area contributed by atoms with E-state index < -0.39 is 6.08 Å². The van der Waals surface area contributed by atoms with Crippen LogP contribution in [0.5, 0.6) is 0 Å². The smallest absolute Gasteiger partial charge is 0.336 e. The summed E-state index contributed by atoms with van der Waals surface area (Å²) in [4.78, 5) is 0. The fourth-order valence-electron chi connectivity index (χ4n) is 0.0476. The van der Waals surface area contributed by atoms with Crippen molar-refractivity contribution < 1.29 is 13.1 Å². The molecule has 0 nitrogen and oxygen atoms in total. The van der Waals surface area contributed by atoms with Gasteiger partial charge in [-0.15, -0.1) is 0 Å². The van der Waals surface area contributed by atoms with Gasteiger partial charge in [-0.3, -0.25) is 0 Å². The molecule has 0 bridgehead atoms. The molecule has 0 aromatic heterocycles. The third-order valence-electron chi connectivity index (χ3n) is 0.189. The van der Waals surface area contributed by atoms with E-state index in [0.29, 0.717) is 0 Å². The second-order valence-corrected chi connectivity index (χ2v) is 0.582. The van der Waals surface area contributed by atoms with Crippen molar-refractivity contribution in [3.05, 3.63) is 12.1 Å². The van der Waals surface area contributed by atoms with Gasteiger partial charge in [0.25, 0.3) is 6.08 Å². The molecule has 0 N–H and O–H groups in total. The Labute approximate surface area is 33.9 Å². The van der Waals surface area contributed by atoms with Crippen LogP contribution in [0.4, 0.5) is 13.1 Å². The monoisotopic (exact) mass is 93.0 g/mol. The first-order chi connectivity index (χ1) is 2.77. The van der Waals surface area contributed by atoms with E-state index in [9.17, 15) is 13.1 Å². The molecule has 1 radical (unpaired) electrons. The first kappa shape index (κ1) is 5.59. The average Bonchev–Trinajstić information content (AvgIpc) is 1.35. The van der Waals surface area contributed by atoms with E-state index in [1.54, 1.807) is 0 Å². The highest BCUT2D eigenvalue weighted by molar-refractivity contribution is 6.33. The van der Waals surface area contributed by atoms with E-state index in [-0.39, 0.29) is 13.5 Å². The number of hydrogen-bond donors (Lipinski definition) is 0. The van der Waals surface area contributed by atoms with Crippen LogP contribution in [0.25, 0.3) is 0 Å². The van der Waals surface area contributed by atoms with Gasteiger partial charge in [-0.25, -0.2) is 0 Å². The minimum atomic E-state index is -2.02. The fraction of sp³-hybridized carbons (Fsp3) is 0. The van der Waals surface area contributed by atoms with Gasteiger partial charge in [0.2, 0.25) is 0 Å². The minimum Gasteiger partial charge on any atom is -0.336 e. The maximum absolute atomic E-state index is 10.6. The lowest BCUT2D eigenvalue weighted by molar-refractivity contribution is 0.423. The highest BCUT2D eigenvalue weighted by Crippen LogP contribution is 1.92. The Kier molecular flexibility index (Phi) is 2.62. The largest absolute Gasteiger partial charge is 0.389 e. The van der Waals surface area contributed by atoms with Gasteiger partial charge in [-0.2, -0.15) is 8.78 Å². The van der Waals surface area contributed by atoms with Crippen molar-refractivity contribution in [1.82, 2.24) is 0 Å². The third kappa shape index (κ3) is 3.59. The van der Waals surface area contributed by atoms with Crippen LogP contribution in [-0.4, -0.2) is 7.56 Å². The van der Waals surface area contributed by atoms with E-state index in [4.69, 9.17) is 0 Å². The van der Waals surface area contributed by atoms with Crippen molar-refractivity contribution in [2.75, 3.05) is 0 Å². The van der Waals surface area contributed by atoms with Crippen molar-refractivity contribution in [1.29, 1.82) is 0 Å². The van der Waals surface area contributed by atoms with E-state index in [1.807, 2.05) is 0 Å². The zero-order chi connectivity index (χ0) is 4.99. The van der Waals surface area contributed by atoms with E-state index in [2.05, 4.69) is 0 Å². The van der Waals surface area contributed by atoms with Crippen LogP contribution in [0, 0.1) is 0 Å². The minimum absolute atomic E-state index is 0.0833. The van der Waals surface area contributed by atoms with Gasteiger partial charge in [-0.05, 0) is 5.98 Å². The number of hydrogen-bond acceptors (Lipinski definition) is 0. The Morgan fingerprint density at radius 1 is 1.50 bits per heavy atom. The van der Waals surface area contributed by atoms with Crippen LogP contribution in [0.1, 0.15) is 0 Å². The lowest BCUT2D eigenvalue weighted by Crippen LogP contribution is -1.67. The quantitative estimate of drug-likeness (QED) is 0.428. The predicted octanol–water partition coefficient (Wildman–Crippen LogP) is 1.31. The normalized spacial score (nSPS) is 7.17. The molecule has 0 aromatic carbocycles. The second-order valence-electron chi connectivity index (χ2n) is 0.582. The van der Waals surface area contributed by atoms with Gasteiger partial charge in [0.05, 0.1) is 0 Å². The molecule has 0 rings (SSSR count). The molecule has 0 fully saturated rings. The zero-order valence-electron chi connectivity index (χ0n) is 2.79. The van der Waals surface area contributed by atoms with Crippen LogP contribution in [-0.2, 0) is 0 Å². The van der Waals surface area contributed by atoms with Gasteiger partial charge in [-0.1, -0.05) is 0 Å². The van der Waals surface area contributed by atoms with Crippen LogP contribution >= 0.6 is 0 Å². The second kappa shape index (κ2) is 2.81. The topological polar surface area (TPSA) is 0 Å². The Morgan fingerprint density at radius 2 is 2.00 bits per heavy atom. The molecule has 0 aliphatic carbocycles. The summed E-state index contributed by atoms with van der Waals surface area (Å²) >= 11 is 0. The van der Waals surface area contributed by atoms with Crippen LogP contribution in [0.3, 0.4) is 0 Å². The first-order valence-electron chi connectivity index (χ1n) is 1.22. The van der Waals surface area contributed by atoms with Crippen LogP contribution in [0.15, 0.2) is 12.1 Å². The molecule has 6 heavy (non-hydrogen) atoms. The van der Waals surface area contributed by atoms with E-state index in [1.165, 1.54) is 0 Å². The van der Waals surface area contributed by atoms with Crippen molar-refractivity contribution in [2.24, 2.45) is 0 Å². The Hall–Kier alpha value is -0.405. The van der Waals surface area contributed by atoms with Crippen LogP contribution < -0.4 is 0 Å². The number of halogens is 3. The van der Waals surface area contributed by atoms with Gasteiger partial charge < -0.3 is 4.32 Å². The molecule has 0 saturated heterocycles. The fourth-order valence-corrected chi connectivity index (χ4v) is 0.0476. The summed E-state index contributed by atoms with van der Waals surface area (Å²) in [5.74, 6) is 0.0833. The highest BCUT2D eigenvalue weighted by atomic mass is 19.3. The van der Waals surface area contributed by atoms with Gasteiger partial charge in [0.15, 0.2) is 0 Å². The molecule has 0 aliphatic heterocycles. The SMILES string of the molecule is F[B]C=C(F)F. The average molecular weight is 92.8 g/mol. The van der Waals surface area contributed by atoms with Crippen molar-refractivity contribution in [3.8, 4) is 0 Å². The molecule has 0 unspecified atom stereocenters. The molecule has 0 aromatic rings. The molecule has 0 saturated carbocycles. The summed E-state index contributed by atoms with van der Waals surface area (Å²) in [5.41, 5.74) is 0. The standard InChI is InChI=1S/C2HBF3/c4-2(5)1-3-6/h1H. The maximum Gasteiger partial charge on any atom is 0.389 e. The molecule has 0 atom stereocenters.